The lowest BCUT2D eigenvalue weighted by molar-refractivity contribution is -0.384. The van der Waals surface area contributed by atoms with Gasteiger partial charge >= 0.3 is 0 Å². The number of carbonyl (C=O) groups excluding carboxylic acids is 1. The predicted molar refractivity (Wildman–Crippen MR) is 156 cm³/mol. The quantitative estimate of drug-likeness (QED) is 0.241. The molecule has 40 heavy (non-hydrogen) atoms. The van der Waals surface area contributed by atoms with Crippen LogP contribution in [-0.4, -0.2) is 61.3 Å². The fourth-order valence-corrected chi connectivity index (χ4v) is 5.39. The first kappa shape index (κ1) is 27.5. The summed E-state index contributed by atoms with van der Waals surface area (Å²) in [5, 5.41) is 15.4. The third-order valence-electron chi connectivity index (χ3n) is 7.64. The van der Waals surface area contributed by atoms with Gasteiger partial charge in [0.15, 0.2) is 0 Å². The van der Waals surface area contributed by atoms with Crippen LogP contribution in [0.2, 0.25) is 0 Å². The van der Waals surface area contributed by atoms with E-state index in [1.165, 1.54) is 42.3 Å². The van der Waals surface area contributed by atoms with Crippen LogP contribution in [0.1, 0.15) is 39.9 Å². The molecule has 9 heteroatoms. The minimum Gasteiger partial charge on any atom is -0.378 e. The smallest absolute Gasteiger partial charge is 0.271 e. The van der Waals surface area contributed by atoms with Crippen molar-refractivity contribution >= 4 is 23.5 Å². The zero-order valence-corrected chi connectivity index (χ0v) is 22.6. The maximum Gasteiger partial charge on any atom is 0.271 e. The van der Waals surface area contributed by atoms with Gasteiger partial charge in [0, 0.05) is 48.6 Å². The average molecular weight is 542 g/mol. The maximum atomic E-state index is 12.7. The summed E-state index contributed by atoms with van der Waals surface area (Å²) in [4.78, 5) is 28.2. The molecule has 2 aliphatic rings. The molecule has 0 aliphatic carbocycles. The number of likely N-dealkylation sites (tertiary alicyclic amines) is 1. The number of hydrogen-bond donors (Lipinski definition) is 1. The van der Waals surface area contributed by atoms with Crippen molar-refractivity contribution in [3.05, 3.63) is 105 Å². The number of hydrogen-bond acceptors (Lipinski definition) is 7. The first-order valence-electron chi connectivity index (χ1n) is 13.8. The maximum absolute atomic E-state index is 12.7. The number of anilines is 1. The fourth-order valence-electron chi connectivity index (χ4n) is 5.39. The molecule has 0 unspecified atom stereocenters. The highest BCUT2D eigenvalue weighted by atomic mass is 16.6. The molecule has 5 rings (SSSR count). The van der Waals surface area contributed by atoms with Gasteiger partial charge in [-0.1, -0.05) is 42.5 Å². The summed E-state index contributed by atoms with van der Waals surface area (Å²) in [5.41, 5.74) is 7.02. The van der Waals surface area contributed by atoms with Gasteiger partial charge in [-0.25, -0.2) is 5.43 Å². The summed E-state index contributed by atoms with van der Waals surface area (Å²) in [6, 6.07) is 23.0. The molecular weight excluding hydrogens is 506 g/mol. The minimum atomic E-state index is -0.437. The van der Waals surface area contributed by atoms with Crippen molar-refractivity contribution in [2.45, 2.75) is 25.8 Å². The zero-order valence-electron chi connectivity index (χ0n) is 22.6. The number of nitrogens with one attached hydrogen (secondary N) is 1. The Kier molecular flexibility index (Phi) is 9.15. The fraction of sp³-hybridized carbons (Fsp3) is 0.355. The van der Waals surface area contributed by atoms with Crippen molar-refractivity contribution < 1.29 is 14.5 Å². The van der Waals surface area contributed by atoms with Crippen LogP contribution in [0, 0.1) is 16.0 Å². The molecule has 0 radical (unpaired) electrons. The summed E-state index contributed by atoms with van der Waals surface area (Å²) in [5.74, 6) is 0.403. The van der Waals surface area contributed by atoms with Gasteiger partial charge in [-0.2, -0.15) is 5.10 Å². The van der Waals surface area contributed by atoms with E-state index >= 15 is 0 Å². The van der Waals surface area contributed by atoms with E-state index in [9.17, 15) is 14.9 Å². The molecule has 3 aromatic carbocycles. The third-order valence-corrected chi connectivity index (χ3v) is 7.64. The molecule has 0 saturated carbocycles. The minimum absolute atomic E-state index is 0.0270. The molecule has 2 fully saturated rings. The molecule has 208 valence electrons. The molecule has 3 aromatic rings. The zero-order chi connectivity index (χ0) is 27.7. The molecule has 2 saturated heterocycles. The number of hydrazone groups is 1. The Labute approximate surface area is 234 Å². The Morgan fingerprint density at radius 3 is 2.40 bits per heavy atom. The van der Waals surface area contributed by atoms with E-state index in [1.54, 1.807) is 6.07 Å². The van der Waals surface area contributed by atoms with Gasteiger partial charge in [-0.05, 0) is 67.6 Å². The van der Waals surface area contributed by atoms with Crippen molar-refractivity contribution in [2.24, 2.45) is 11.0 Å². The lowest BCUT2D eigenvalue weighted by atomic mass is 9.90. The number of nitrogens with zero attached hydrogens (tertiary/aromatic N) is 4. The number of nitro groups is 1. The molecule has 2 aliphatic heterocycles. The highest BCUT2D eigenvalue weighted by molar-refractivity contribution is 5.95. The molecule has 1 N–H and O–H groups in total. The number of morpholine rings is 1. The monoisotopic (exact) mass is 541 g/mol. The number of carbonyl (C=O) groups is 1. The summed E-state index contributed by atoms with van der Waals surface area (Å²) in [7, 11) is 0. The number of piperidine rings is 1. The van der Waals surface area contributed by atoms with Crippen LogP contribution in [-0.2, 0) is 17.7 Å². The first-order chi connectivity index (χ1) is 19.5. The Balaban J connectivity index is 1.14. The van der Waals surface area contributed by atoms with E-state index in [0.717, 1.165) is 37.7 Å². The average Bonchev–Trinajstić information content (AvgIpc) is 2.99. The Hall–Kier alpha value is -4.08. The van der Waals surface area contributed by atoms with Crippen LogP contribution in [0.15, 0.2) is 77.9 Å². The molecule has 2 heterocycles. The molecule has 1 amide bonds. The number of rotatable bonds is 9. The predicted octanol–water partition coefficient (Wildman–Crippen LogP) is 4.65. The van der Waals surface area contributed by atoms with E-state index in [-0.39, 0.29) is 11.6 Å². The number of amides is 1. The van der Waals surface area contributed by atoms with Crippen LogP contribution >= 0.6 is 0 Å². The standard InChI is InChI=1S/C31H35N5O4/c37-31(33-32-22-28-21-29(36(38)39)10-11-30(28)35-16-18-40-19-17-35)27-8-6-26(7-9-27)23-34-14-12-25(13-15-34)20-24-4-2-1-3-5-24/h1-11,21-22,25H,12-20,23H2,(H,33,37)/b32-22-. The number of non-ortho nitro benzene ring substituents is 1. The van der Waals surface area contributed by atoms with Gasteiger partial charge in [-0.3, -0.25) is 19.8 Å². The van der Waals surface area contributed by atoms with Crippen LogP contribution in [0.25, 0.3) is 0 Å². The van der Waals surface area contributed by atoms with Crippen molar-refractivity contribution in [2.75, 3.05) is 44.3 Å². The van der Waals surface area contributed by atoms with Crippen molar-refractivity contribution in [1.29, 1.82) is 0 Å². The molecule has 0 spiro atoms. The lowest BCUT2D eigenvalue weighted by Gasteiger charge is -2.32. The molecule has 0 atom stereocenters. The highest BCUT2D eigenvalue weighted by Gasteiger charge is 2.20. The molecule has 0 aromatic heterocycles. The van der Waals surface area contributed by atoms with Crippen molar-refractivity contribution in [3.8, 4) is 0 Å². The van der Waals surface area contributed by atoms with E-state index < -0.39 is 4.92 Å². The van der Waals surface area contributed by atoms with Crippen LogP contribution in [0.3, 0.4) is 0 Å². The second-order valence-electron chi connectivity index (χ2n) is 10.4. The second kappa shape index (κ2) is 13.3. The summed E-state index contributed by atoms with van der Waals surface area (Å²) in [6.07, 6.45) is 5.01. The second-order valence-corrected chi connectivity index (χ2v) is 10.4. The van der Waals surface area contributed by atoms with E-state index in [1.807, 2.05) is 24.3 Å². The van der Waals surface area contributed by atoms with Crippen LogP contribution < -0.4 is 10.3 Å². The molecule has 9 nitrogen and oxygen atoms in total. The summed E-state index contributed by atoms with van der Waals surface area (Å²) < 4.78 is 5.42. The Morgan fingerprint density at radius 1 is 0.975 bits per heavy atom. The van der Waals surface area contributed by atoms with Crippen LogP contribution in [0.5, 0.6) is 0 Å². The lowest BCUT2D eigenvalue weighted by Crippen LogP contribution is -2.36. The highest BCUT2D eigenvalue weighted by Crippen LogP contribution is 2.25. The van der Waals surface area contributed by atoms with Gasteiger partial charge in [-0.15, -0.1) is 0 Å². The van der Waals surface area contributed by atoms with Gasteiger partial charge in [0.2, 0.25) is 0 Å². The third kappa shape index (κ3) is 7.31. The van der Waals surface area contributed by atoms with E-state index in [0.29, 0.717) is 37.4 Å². The van der Waals surface area contributed by atoms with Gasteiger partial charge in [0.05, 0.1) is 24.4 Å². The molecular formula is C31H35N5O4. The van der Waals surface area contributed by atoms with Gasteiger partial charge < -0.3 is 9.64 Å². The van der Waals surface area contributed by atoms with Gasteiger partial charge in [0.25, 0.3) is 11.6 Å². The number of benzene rings is 3. The molecule has 0 bridgehead atoms. The SMILES string of the molecule is O=C(N/N=C\c1cc([N+](=O)[O-])ccc1N1CCOCC1)c1ccc(CN2CCC(Cc3ccccc3)CC2)cc1. The van der Waals surface area contributed by atoms with Crippen LogP contribution in [0.4, 0.5) is 11.4 Å². The van der Waals surface area contributed by atoms with Gasteiger partial charge in [0.1, 0.15) is 0 Å². The topological polar surface area (TPSA) is 100 Å². The Bertz CT molecular complexity index is 1320. The van der Waals surface area contributed by atoms with Crippen molar-refractivity contribution in [1.82, 2.24) is 10.3 Å². The normalized spacial score (nSPS) is 16.8. The summed E-state index contributed by atoms with van der Waals surface area (Å²) >= 11 is 0. The van der Waals surface area contributed by atoms with E-state index in [2.05, 4.69) is 50.7 Å². The largest absolute Gasteiger partial charge is 0.378 e. The van der Waals surface area contributed by atoms with E-state index in [4.69, 9.17) is 4.74 Å². The Morgan fingerprint density at radius 2 is 1.70 bits per heavy atom. The first-order valence-corrected chi connectivity index (χ1v) is 13.8. The summed E-state index contributed by atoms with van der Waals surface area (Å²) in [6.45, 7) is 5.58. The number of nitro benzene ring substituents is 1. The van der Waals surface area contributed by atoms with Crippen molar-refractivity contribution in [3.63, 3.8) is 0 Å². The number of ether oxygens (including phenoxy) is 1.